The van der Waals surface area contributed by atoms with E-state index in [0.29, 0.717) is 11.2 Å². The number of nitrogens with two attached hydrogens (primary N) is 1. The summed E-state index contributed by atoms with van der Waals surface area (Å²) >= 11 is 0. The van der Waals surface area contributed by atoms with Crippen molar-refractivity contribution in [2.75, 3.05) is 5.73 Å². The minimum absolute atomic E-state index is 0.0353. The number of halogens is 3. The number of benzene rings is 1. The number of nitrogen functional groups attached to an aromatic ring is 1. The van der Waals surface area contributed by atoms with Gasteiger partial charge in [-0.1, -0.05) is 18.2 Å². The number of rotatable bonds is 1. The minimum Gasteiger partial charge on any atom is -0.384 e. The van der Waals surface area contributed by atoms with E-state index < -0.39 is 11.7 Å². The third kappa shape index (κ3) is 1.97. The molecular weight excluding hydrogens is 269 g/mol. The second kappa shape index (κ2) is 4.22. The normalized spacial score (nSPS) is 11.9. The Morgan fingerprint density at radius 1 is 1.05 bits per heavy atom. The lowest BCUT2D eigenvalue weighted by molar-refractivity contribution is -0.137. The van der Waals surface area contributed by atoms with E-state index in [1.54, 1.807) is 12.3 Å². The second-order valence-corrected chi connectivity index (χ2v) is 4.22. The molecule has 20 heavy (non-hydrogen) atoms. The molecule has 0 unspecified atom stereocenters. The molecule has 0 radical (unpaired) electrons. The fourth-order valence-corrected chi connectivity index (χ4v) is 2.04. The fraction of sp³-hybridized carbons (Fsp3) is 0.0769. The highest BCUT2D eigenvalue weighted by atomic mass is 19.4. The Bertz CT molecular complexity index is 777. The number of fused-ring (bicyclic) bond motifs is 1. The topological polar surface area (TPSA) is 56.2 Å². The van der Waals surface area contributed by atoms with Crippen molar-refractivity contribution >= 4 is 11.5 Å². The Labute approximate surface area is 111 Å². The standard InChI is InChI=1S/C13H9F3N4/c14-13(15,16)10-4-2-1-3-8(10)9-7-18-20-6-5-11(17)19-12(9)20/h1-7H,(H2,17,19). The van der Waals surface area contributed by atoms with Crippen molar-refractivity contribution in [3.05, 3.63) is 48.3 Å². The van der Waals surface area contributed by atoms with Crippen LogP contribution in [0.1, 0.15) is 5.56 Å². The molecule has 3 aromatic rings. The number of nitrogens with zero attached hydrogens (tertiary/aromatic N) is 3. The number of alkyl halides is 3. The van der Waals surface area contributed by atoms with Gasteiger partial charge in [0.15, 0.2) is 5.65 Å². The lowest BCUT2D eigenvalue weighted by Gasteiger charge is -2.11. The molecule has 1 aromatic carbocycles. The van der Waals surface area contributed by atoms with Crippen LogP contribution in [0, 0.1) is 0 Å². The molecule has 0 aliphatic rings. The number of hydrogen-bond acceptors (Lipinski definition) is 3. The molecule has 0 aliphatic heterocycles. The van der Waals surface area contributed by atoms with Gasteiger partial charge in [-0.05, 0) is 17.7 Å². The quantitative estimate of drug-likeness (QED) is 0.744. The summed E-state index contributed by atoms with van der Waals surface area (Å²) < 4.78 is 40.5. The number of aromatic nitrogens is 3. The van der Waals surface area contributed by atoms with Crippen LogP contribution in [0.15, 0.2) is 42.7 Å². The maximum Gasteiger partial charge on any atom is 0.417 e. The summed E-state index contributed by atoms with van der Waals surface area (Å²) in [4.78, 5) is 4.05. The van der Waals surface area contributed by atoms with Crippen LogP contribution in [-0.2, 0) is 6.18 Å². The SMILES string of the molecule is Nc1ccn2ncc(-c3ccccc3C(F)(F)F)c2n1. The Morgan fingerprint density at radius 2 is 1.80 bits per heavy atom. The van der Waals surface area contributed by atoms with Crippen molar-refractivity contribution in [3.63, 3.8) is 0 Å². The van der Waals surface area contributed by atoms with E-state index in [-0.39, 0.29) is 11.4 Å². The maximum absolute atomic E-state index is 13.0. The van der Waals surface area contributed by atoms with Crippen LogP contribution in [0.5, 0.6) is 0 Å². The van der Waals surface area contributed by atoms with Crippen molar-refractivity contribution < 1.29 is 13.2 Å². The minimum atomic E-state index is -4.44. The van der Waals surface area contributed by atoms with Gasteiger partial charge in [0.1, 0.15) is 5.82 Å². The molecule has 2 heterocycles. The van der Waals surface area contributed by atoms with Crippen molar-refractivity contribution in [2.45, 2.75) is 6.18 Å². The summed E-state index contributed by atoms with van der Waals surface area (Å²) in [5.74, 6) is 0.226. The summed E-state index contributed by atoms with van der Waals surface area (Å²) in [5, 5.41) is 3.99. The fourth-order valence-electron chi connectivity index (χ4n) is 2.04. The van der Waals surface area contributed by atoms with Gasteiger partial charge in [0.05, 0.1) is 11.8 Å². The zero-order valence-corrected chi connectivity index (χ0v) is 10.1. The first kappa shape index (κ1) is 12.5. The average Bonchev–Trinajstić information content (AvgIpc) is 2.80. The predicted octanol–water partition coefficient (Wildman–Crippen LogP) is 3.00. The van der Waals surface area contributed by atoms with Gasteiger partial charge in [0.25, 0.3) is 0 Å². The molecule has 4 nitrogen and oxygen atoms in total. The van der Waals surface area contributed by atoms with Crippen molar-refractivity contribution in [1.82, 2.24) is 14.6 Å². The van der Waals surface area contributed by atoms with Gasteiger partial charge in [-0.25, -0.2) is 9.50 Å². The molecule has 0 atom stereocenters. The molecule has 2 aromatic heterocycles. The molecule has 2 N–H and O–H groups in total. The Hall–Kier alpha value is -2.57. The van der Waals surface area contributed by atoms with Crippen LogP contribution < -0.4 is 5.73 Å². The highest BCUT2D eigenvalue weighted by Gasteiger charge is 2.34. The second-order valence-electron chi connectivity index (χ2n) is 4.22. The molecule has 0 aliphatic carbocycles. The van der Waals surface area contributed by atoms with Crippen LogP contribution in [0.25, 0.3) is 16.8 Å². The van der Waals surface area contributed by atoms with Gasteiger partial charge < -0.3 is 5.73 Å². The molecule has 0 amide bonds. The smallest absolute Gasteiger partial charge is 0.384 e. The summed E-state index contributed by atoms with van der Waals surface area (Å²) in [6.07, 6.45) is -1.53. The first-order valence-electron chi connectivity index (χ1n) is 5.73. The highest BCUT2D eigenvalue weighted by Crippen LogP contribution is 2.37. The molecular formula is C13H9F3N4. The monoisotopic (exact) mass is 278 g/mol. The molecule has 0 saturated carbocycles. The van der Waals surface area contributed by atoms with Gasteiger partial charge in [-0.15, -0.1) is 0 Å². The Morgan fingerprint density at radius 3 is 2.55 bits per heavy atom. The zero-order chi connectivity index (χ0) is 14.3. The molecule has 0 saturated heterocycles. The van der Waals surface area contributed by atoms with E-state index in [2.05, 4.69) is 10.1 Å². The molecule has 102 valence electrons. The highest BCUT2D eigenvalue weighted by molar-refractivity contribution is 5.80. The van der Waals surface area contributed by atoms with Crippen LogP contribution >= 0.6 is 0 Å². The molecule has 0 bridgehead atoms. The third-order valence-corrected chi connectivity index (χ3v) is 2.91. The van der Waals surface area contributed by atoms with Gasteiger partial charge >= 0.3 is 6.18 Å². The lowest BCUT2D eigenvalue weighted by Crippen LogP contribution is -2.07. The summed E-state index contributed by atoms with van der Waals surface area (Å²) in [6.45, 7) is 0. The summed E-state index contributed by atoms with van der Waals surface area (Å²) in [5.41, 5.74) is 5.48. The van der Waals surface area contributed by atoms with E-state index in [1.807, 2.05) is 0 Å². The van der Waals surface area contributed by atoms with E-state index in [0.717, 1.165) is 6.07 Å². The van der Waals surface area contributed by atoms with Gasteiger partial charge in [0.2, 0.25) is 0 Å². The summed E-state index contributed by atoms with van der Waals surface area (Å²) in [6, 6.07) is 6.84. The van der Waals surface area contributed by atoms with Crippen LogP contribution in [-0.4, -0.2) is 14.6 Å². The number of hydrogen-bond donors (Lipinski definition) is 1. The first-order valence-corrected chi connectivity index (χ1v) is 5.73. The zero-order valence-electron chi connectivity index (χ0n) is 10.1. The first-order chi connectivity index (χ1) is 9.47. The lowest BCUT2D eigenvalue weighted by atomic mass is 10.0. The maximum atomic E-state index is 13.0. The Balaban J connectivity index is 2.29. The average molecular weight is 278 g/mol. The Kier molecular flexibility index (Phi) is 2.63. The predicted molar refractivity (Wildman–Crippen MR) is 67.8 cm³/mol. The van der Waals surface area contributed by atoms with E-state index in [4.69, 9.17) is 5.73 Å². The van der Waals surface area contributed by atoms with Crippen molar-refractivity contribution in [3.8, 4) is 11.1 Å². The molecule has 0 fully saturated rings. The van der Waals surface area contributed by atoms with E-state index >= 15 is 0 Å². The van der Waals surface area contributed by atoms with Gasteiger partial charge in [0, 0.05) is 11.8 Å². The number of anilines is 1. The third-order valence-electron chi connectivity index (χ3n) is 2.91. The largest absolute Gasteiger partial charge is 0.417 e. The van der Waals surface area contributed by atoms with Crippen molar-refractivity contribution in [2.24, 2.45) is 0 Å². The van der Waals surface area contributed by atoms with Crippen molar-refractivity contribution in [1.29, 1.82) is 0 Å². The van der Waals surface area contributed by atoms with E-state index in [1.165, 1.54) is 28.9 Å². The molecule has 7 heteroatoms. The van der Waals surface area contributed by atoms with Crippen LogP contribution in [0.3, 0.4) is 0 Å². The summed E-state index contributed by atoms with van der Waals surface area (Å²) in [7, 11) is 0. The van der Waals surface area contributed by atoms with Gasteiger partial charge in [-0.3, -0.25) is 0 Å². The van der Waals surface area contributed by atoms with Crippen LogP contribution in [0.4, 0.5) is 19.0 Å². The molecule has 0 spiro atoms. The van der Waals surface area contributed by atoms with Gasteiger partial charge in [-0.2, -0.15) is 18.3 Å². The molecule has 3 rings (SSSR count). The van der Waals surface area contributed by atoms with Crippen LogP contribution in [0.2, 0.25) is 0 Å². The van der Waals surface area contributed by atoms with E-state index in [9.17, 15) is 13.2 Å².